The smallest absolute Gasteiger partial charge is 0.319 e. The molecule has 1 fully saturated rings. The molecule has 1 atom stereocenters. The van der Waals surface area contributed by atoms with E-state index in [0.29, 0.717) is 22.8 Å². The number of hydrogen-bond donors (Lipinski definition) is 2. The fraction of sp³-hybridized carbons (Fsp3) is 0.294. The summed E-state index contributed by atoms with van der Waals surface area (Å²) in [5.41, 5.74) is -0.200. The van der Waals surface area contributed by atoms with E-state index in [2.05, 4.69) is 15.6 Å². The van der Waals surface area contributed by atoms with E-state index in [1.165, 1.54) is 42.5 Å². The minimum atomic E-state index is -1.22. The maximum Gasteiger partial charge on any atom is 0.325 e. The van der Waals surface area contributed by atoms with Gasteiger partial charge in [-0.15, -0.1) is 11.3 Å². The lowest BCUT2D eigenvalue weighted by Crippen LogP contribution is -2.43. The van der Waals surface area contributed by atoms with Crippen LogP contribution < -0.4 is 10.6 Å². The van der Waals surface area contributed by atoms with Crippen molar-refractivity contribution in [3.63, 3.8) is 0 Å². The number of imide groups is 1. The number of nitrogens with one attached hydrogen (secondary N) is 2. The second-order valence-electron chi connectivity index (χ2n) is 5.91. The largest absolute Gasteiger partial charge is 0.325 e. The molecular formula is C17H17FN4O3S. The zero-order valence-electron chi connectivity index (χ0n) is 14.2. The molecule has 2 N–H and O–H groups in total. The minimum Gasteiger partial charge on any atom is -0.319 e. The number of carbonyl (C=O) groups is 3. The predicted molar refractivity (Wildman–Crippen MR) is 93.9 cm³/mol. The lowest BCUT2D eigenvalue weighted by molar-refractivity contribution is -0.132. The zero-order valence-corrected chi connectivity index (χ0v) is 15.0. The summed E-state index contributed by atoms with van der Waals surface area (Å²) in [7, 11) is 0. The maximum absolute atomic E-state index is 13.2. The molecule has 26 heavy (non-hydrogen) atoms. The number of urea groups is 1. The van der Waals surface area contributed by atoms with Crippen LogP contribution in [0, 0.1) is 5.82 Å². The molecule has 1 aliphatic rings. The van der Waals surface area contributed by atoms with Crippen LogP contribution in [0.3, 0.4) is 0 Å². The Balaban J connectivity index is 1.84. The Labute approximate surface area is 153 Å². The molecule has 0 saturated carbocycles. The Morgan fingerprint density at radius 1 is 1.35 bits per heavy atom. The fourth-order valence-electron chi connectivity index (χ4n) is 2.89. The highest BCUT2D eigenvalue weighted by Crippen LogP contribution is 2.33. The lowest BCUT2D eigenvalue weighted by atomic mass is 9.87. The number of carbonyl (C=O) groups excluding carboxylic acids is 3. The number of benzene rings is 1. The molecule has 1 aromatic carbocycles. The molecule has 1 aromatic heterocycles. The first-order valence-corrected chi connectivity index (χ1v) is 8.86. The van der Waals surface area contributed by atoms with Crippen molar-refractivity contribution in [1.82, 2.24) is 15.2 Å². The zero-order chi connectivity index (χ0) is 18.9. The normalized spacial score (nSPS) is 19.6. The van der Waals surface area contributed by atoms with Crippen molar-refractivity contribution in [3.05, 3.63) is 46.7 Å². The van der Waals surface area contributed by atoms with E-state index in [9.17, 15) is 18.8 Å². The summed E-state index contributed by atoms with van der Waals surface area (Å²) in [5, 5.41) is 7.37. The second-order valence-corrected chi connectivity index (χ2v) is 6.77. The van der Waals surface area contributed by atoms with E-state index in [4.69, 9.17) is 0 Å². The van der Waals surface area contributed by atoms with E-state index in [1.54, 1.807) is 12.3 Å². The first-order chi connectivity index (χ1) is 12.4. The van der Waals surface area contributed by atoms with Crippen LogP contribution in [0.25, 0.3) is 0 Å². The Morgan fingerprint density at radius 2 is 2.04 bits per heavy atom. The number of hydrogen-bond acceptors (Lipinski definition) is 5. The van der Waals surface area contributed by atoms with Crippen molar-refractivity contribution >= 4 is 34.3 Å². The molecule has 136 valence electrons. The SMILES string of the molecule is CCC1(c2ccc(F)cc2)NC(=O)N(Cc2csc(NC(C)=O)n2)C1=O. The molecule has 4 amide bonds. The van der Waals surface area contributed by atoms with Gasteiger partial charge >= 0.3 is 6.03 Å². The van der Waals surface area contributed by atoms with E-state index in [1.807, 2.05) is 0 Å². The monoisotopic (exact) mass is 376 g/mol. The van der Waals surface area contributed by atoms with Gasteiger partial charge < -0.3 is 10.6 Å². The second kappa shape index (κ2) is 6.83. The number of aromatic nitrogens is 1. The molecule has 0 aliphatic carbocycles. The highest BCUT2D eigenvalue weighted by molar-refractivity contribution is 7.13. The number of amides is 4. The first-order valence-electron chi connectivity index (χ1n) is 7.98. The summed E-state index contributed by atoms with van der Waals surface area (Å²) in [5.74, 6) is -1.07. The summed E-state index contributed by atoms with van der Waals surface area (Å²) in [6.07, 6.45) is 0.327. The van der Waals surface area contributed by atoms with Crippen LogP contribution in [0.1, 0.15) is 31.5 Å². The van der Waals surface area contributed by atoms with Crippen LogP contribution in [0.15, 0.2) is 29.6 Å². The third-order valence-electron chi connectivity index (χ3n) is 4.20. The summed E-state index contributed by atoms with van der Waals surface area (Å²) >= 11 is 1.21. The molecule has 1 saturated heterocycles. The standard InChI is InChI=1S/C17H17FN4O3S/c1-3-17(11-4-6-12(18)7-5-11)14(24)22(16(25)21-17)8-13-9-26-15(20-13)19-10(2)23/h4-7,9H,3,8H2,1-2H3,(H,21,25)(H,19,20,23). The molecular weight excluding hydrogens is 359 g/mol. The van der Waals surface area contributed by atoms with Gasteiger partial charge in [0.1, 0.15) is 11.4 Å². The molecule has 1 unspecified atom stereocenters. The van der Waals surface area contributed by atoms with Crippen LogP contribution in [0.2, 0.25) is 0 Å². The topological polar surface area (TPSA) is 91.4 Å². The van der Waals surface area contributed by atoms with Gasteiger partial charge in [-0.1, -0.05) is 19.1 Å². The maximum atomic E-state index is 13.2. The van der Waals surface area contributed by atoms with E-state index < -0.39 is 23.3 Å². The average molecular weight is 376 g/mol. The van der Waals surface area contributed by atoms with Crippen LogP contribution in [-0.2, 0) is 21.7 Å². The molecule has 0 spiro atoms. The number of halogens is 1. The van der Waals surface area contributed by atoms with Crippen molar-refractivity contribution in [2.75, 3.05) is 5.32 Å². The van der Waals surface area contributed by atoms with Crippen LogP contribution in [-0.4, -0.2) is 27.7 Å². The van der Waals surface area contributed by atoms with Gasteiger partial charge in [-0.25, -0.2) is 14.2 Å². The molecule has 3 rings (SSSR count). The van der Waals surface area contributed by atoms with Crippen molar-refractivity contribution in [2.24, 2.45) is 0 Å². The summed E-state index contributed by atoms with van der Waals surface area (Å²) in [6, 6.07) is 4.98. The summed E-state index contributed by atoms with van der Waals surface area (Å²) in [4.78, 5) is 41.8. The third kappa shape index (κ3) is 3.17. The van der Waals surface area contributed by atoms with Gasteiger partial charge in [0, 0.05) is 12.3 Å². The van der Waals surface area contributed by atoms with Crippen LogP contribution >= 0.6 is 11.3 Å². The molecule has 7 nitrogen and oxygen atoms in total. The molecule has 0 bridgehead atoms. The Morgan fingerprint density at radius 3 is 2.65 bits per heavy atom. The highest BCUT2D eigenvalue weighted by atomic mass is 32.1. The van der Waals surface area contributed by atoms with E-state index in [-0.39, 0.29) is 12.5 Å². The molecule has 0 radical (unpaired) electrons. The van der Waals surface area contributed by atoms with E-state index >= 15 is 0 Å². The highest BCUT2D eigenvalue weighted by Gasteiger charge is 2.51. The van der Waals surface area contributed by atoms with Gasteiger partial charge in [0.15, 0.2) is 5.13 Å². The fourth-order valence-corrected chi connectivity index (χ4v) is 3.64. The molecule has 2 aromatic rings. The molecule has 1 aliphatic heterocycles. The van der Waals surface area contributed by atoms with Gasteiger partial charge in [0.05, 0.1) is 12.2 Å². The number of nitrogens with zero attached hydrogens (tertiary/aromatic N) is 2. The molecule has 9 heteroatoms. The van der Waals surface area contributed by atoms with Crippen molar-refractivity contribution in [3.8, 4) is 0 Å². The Kier molecular flexibility index (Phi) is 4.73. The quantitative estimate of drug-likeness (QED) is 0.785. The first kappa shape index (κ1) is 18.0. The van der Waals surface area contributed by atoms with Crippen LogP contribution in [0.5, 0.6) is 0 Å². The van der Waals surface area contributed by atoms with Crippen molar-refractivity contribution < 1.29 is 18.8 Å². The third-order valence-corrected chi connectivity index (χ3v) is 5.00. The van der Waals surface area contributed by atoms with Gasteiger partial charge in [-0.2, -0.15) is 0 Å². The Bertz CT molecular complexity index is 867. The van der Waals surface area contributed by atoms with Gasteiger partial charge in [0.2, 0.25) is 5.91 Å². The lowest BCUT2D eigenvalue weighted by Gasteiger charge is -2.25. The van der Waals surface area contributed by atoms with E-state index in [0.717, 1.165) is 4.90 Å². The number of thiazole rings is 1. The number of rotatable bonds is 5. The Hall–Kier alpha value is -2.81. The van der Waals surface area contributed by atoms with Crippen LogP contribution in [0.4, 0.5) is 14.3 Å². The van der Waals surface area contributed by atoms with Gasteiger partial charge in [-0.3, -0.25) is 14.5 Å². The minimum absolute atomic E-state index is 0.0102. The predicted octanol–water partition coefficient (Wildman–Crippen LogP) is 2.60. The van der Waals surface area contributed by atoms with Gasteiger partial charge in [0.25, 0.3) is 5.91 Å². The average Bonchev–Trinajstić information content (AvgIpc) is 3.13. The summed E-state index contributed by atoms with van der Waals surface area (Å²) in [6.45, 7) is 3.14. The summed E-state index contributed by atoms with van der Waals surface area (Å²) < 4.78 is 13.2. The molecule has 2 heterocycles. The van der Waals surface area contributed by atoms with Crippen molar-refractivity contribution in [2.45, 2.75) is 32.4 Å². The van der Waals surface area contributed by atoms with Gasteiger partial charge in [-0.05, 0) is 24.1 Å². The number of anilines is 1. The van der Waals surface area contributed by atoms with Crippen molar-refractivity contribution in [1.29, 1.82) is 0 Å².